The first-order valence-corrected chi connectivity index (χ1v) is 7.00. The molecule has 0 heterocycles. The summed E-state index contributed by atoms with van der Waals surface area (Å²) >= 11 is 0. The molecule has 2 rings (SSSR count). The molecule has 2 aromatic rings. The van der Waals surface area contributed by atoms with Crippen molar-refractivity contribution in [3.05, 3.63) is 48.5 Å². The van der Waals surface area contributed by atoms with Gasteiger partial charge in [-0.1, -0.05) is 5.16 Å². The quantitative estimate of drug-likeness (QED) is 0.548. The number of rotatable bonds is 8. The molecule has 0 spiro atoms. The molecular weight excluding hydrogens is 282 g/mol. The van der Waals surface area contributed by atoms with E-state index in [1.54, 1.807) is 13.3 Å². The number of benzene rings is 2. The number of hydrogen-bond donors (Lipinski definition) is 0. The smallest absolute Gasteiger partial charge is 0.127 e. The van der Waals surface area contributed by atoms with E-state index in [0.29, 0.717) is 13.2 Å². The summed E-state index contributed by atoms with van der Waals surface area (Å²) in [4.78, 5) is 4.83. The second-order valence-electron chi connectivity index (χ2n) is 4.27. The van der Waals surface area contributed by atoms with Gasteiger partial charge in [0.1, 0.15) is 36.2 Å². The van der Waals surface area contributed by atoms with Gasteiger partial charge in [-0.2, -0.15) is 0 Å². The molecule has 0 aliphatic rings. The van der Waals surface area contributed by atoms with Crippen LogP contribution in [0, 0.1) is 0 Å². The van der Waals surface area contributed by atoms with Crippen molar-refractivity contribution in [3.8, 4) is 23.0 Å². The highest BCUT2D eigenvalue weighted by molar-refractivity contribution is 5.58. The van der Waals surface area contributed by atoms with Crippen molar-refractivity contribution >= 4 is 6.21 Å². The van der Waals surface area contributed by atoms with E-state index in [1.165, 1.54) is 0 Å². The zero-order valence-electron chi connectivity index (χ0n) is 12.7. The Bertz CT molecular complexity index is 579. The lowest BCUT2D eigenvalue weighted by molar-refractivity contribution is 0.158. The van der Waals surface area contributed by atoms with Gasteiger partial charge in [-0.25, -0.2) is 0 Å². The monoisotopic (exact) mass is 301 g/mol. The molecule has 5 nitrogen and oxygen atoms in total. The fourth-order valence-corrected chi connectivity index (χ4v) is 1.67. The molecule has 0 amide bonds. The van der Waals surface area contributed by atoms with Crippen LogP contribution in [0.2, 0.25) is 0 Å². The summed E-state index contributed by atoms with van der Waals surface area (Å²) in [6.45, 7) is 2.78. The lowest BCUT2D eigenvalue weighted by Gasteiger charge is -2.08. The lowest BCUT2D eigenvalue weighted by Crippen LogP contribution is -1.98. The van der Waals surface area contributed by atoms with Gasteiger partial charge >= 0.3 is 0 Å². The van der Waals surface area contributed by atoms with Crippen LogP contribution in [0.4, 0.5) is 0 Å². The number of hydrogen-bond acceptors (Lipinski definition) is 5. The van der Waals surface area contributed by atoms with Crippen LogP contribution < -0.4 is 14.2 Å². The van der Waals surface area contributed by atoms with Crippen LogP contribution in [0.5, 0.6) is 23.0 Å². The van der Waals surface area contributed by atoms with Gasteiger partial charge < -0.3 is 19.0 Å². The third-order valence-corrected chi connectivity index (χ3v) is 2.72. The Hall–Kier alpha value is -2.69. The first kappa shape index (κ1) is 15.7. The Morgan fingerprint density at radius 2 is 1.41 bits per heavy atom. The van der Waals surface area contributed by atoms with Crippen LogP contribution in [0.15, 0.2) is 53.7 Å². The molecular formula is C17H19NO4. The Morgan fingerprint density at radius 3 is 1.95 bits per heavy atom. The summed E-state index contributed by atoms with van der Waals surface area (Å²) in [5.41, 5.74) is 0. The standard InChI is InChI=1S/C17H19NO4/c1-3-21-18-12-13-20-15-6-10-17(11-7-15)22-16-8-4-14(19-2)5-9-16/h4-12H,3,13H2,1-2H3/b18-12+. The molecule has 0 aliphatic carbocycles. The van der Waals surface area contributed by atoms with Crippen molar-refractivity contribution in [2.24, 2.45) is 5.16 Å². The highest BCUT2D eigenvalue weighted by atomic mass is 16.6. The molecule has 0 aliphatic heterocycles. The van der Waals surface area contributed by atoms with Gasteiger partial charge in [0.2, 0.25) is 0 Å². The molecule has 2 aromatic carbocycles. The zero-order valence-corrected chi connectivity index (χ0v) is 12.7. The minimum absolute atomic E-state index is 0.360. The molecule has 0 N–H and O–H groups in total. The van der Waals surface area contributed by atoms with Crippen LogP contribution in [0.1, 0.15) is 6.92 Å². The van der Waals surface area contributed by atoms with E-state index in [0.717, 1.165) is 23.0 Å². The second kappa shape index (κ2) is 8.56. The molecule has 0 saturated heterocycles. The van der Waals surface area contributed by atoms with Crippen LogP contribution in [-0.2, 0) is 4.84 Å². The Balaban J connectivity index is 1.85. The van der Waals surface area contributed by atoms with Crippen molar-refractivity contribution in [2.45, 2.75) is 6.92 Å². The number of oxime groups is 1. The topological polar surface area (TPSA) is 49.3 Å². The summed E-state index contributed by atoms with van der Waals surface area (Å²) in [6.07, 6.45) is 1.57. The molecule has 0 aromatic heterocycles. The van der Waals surface area contributed by atoms with Gasteiger partial charge in [0.15, 0.2) is 0 Å². The summed E-state index contributed by atoms with van der Waals surface area (Å²) in [5.74, 6) is 3.02. The van der Waals surface area contributed by atoms with Crippen molar-refractivity contribution in [1.29, 1.82) is 0 Å². The Morgan fingerprint density at radius 1 is 0.864 bits per heavy atom. The van der Waals surface area contributed by atoms with E-state index in [-0.39, 0.29) is 0 Å². The maximum atomic E-state index is 5.73. The maximum absolute atomic E-state index is 5.73. The van der Waals surface area contributed by atoms with Crippen molar-refractivity contribution in [2.75, 3.05) is 20.3 Å². The predicted octanol–water partition coefficient (Wildman–Crippen LogP) is 3.89. The van der Waals surface area contributed by atoms with Gasteiger partial charge in [0.05, 0.1) is 13.3 Å². The second-order valence-corrected chi connectivity index (χ2v) is 4.27. The van der Waals surface area contributed by atoms with Crippen LogP contribution >= 0.6 is 0 Å². The minimum atomic E-state index is 0.360. The van der Waals surface area contributed by atoms with Gasteiger partial charge in [-0.3, -0.25) is 0 Å². The van der Waals surface area contributed by atoms with E-state index in [1.807, 2.05) is 55.5 Å². The summed E-state index contributed by atoms with van der Waals surface area (Å²) in [5, 5.41) is 3.71. The van der Waals surface area contributed by atoms with Crippen molar-refractivity contribution < 1.29 is 19.0 Å². The van der Waals surface area contributed by atoms with Crippen molar-refractivity contribution in [3.63, 3.8) is 0 Å². The molecule has 0 unspecified atom stereocenters. The summed E-state index contributed by atoms with van der Waals surface area (Å²) in [6, 6.07) is 14.8. The van der Waals surface area contributed by atoms with E-state index >= 15 is 0 Å². The average molecular weight is 301 g/mol. The first-order valence-electron chi connectivity index (χ1n) is 7.00. The van der Waals surface area contributed by atoms with Crippen LogP contribution in [-0.4, -0.2) is 26.5 Å². The molecule has 0 radical (unpaired) electrons. The molecule has 0 saturated carbocycles. The van der Waals surface area contributed by atoms with E-state index < -0.39 is 0 Å². The molecule has 5 heteroatoms. The fraction of sp³-hybridized carbons (Fsp3) is 0.235. The lowest BCUT2D eigenvalue weighted by atomic mass is 10.3. The third-order valence-electron chi connectivity index (χ3n) is 2.72. The number of ether oxygens (including phenoxy) is 3. The van der Waals surface area contributed by atoms with Gasteiger partial charge in [-0.05, 0) is 55.5 Å². The SMILES string of the molecule is CCO/N=C/COc1ccc(Oc2ccc(OC)cc2)cc1. The minimum Gasteiger partial charge on any atom is -0.497 e. The summed E-state index contributed by atoms with van der Waals surface area (Å²) in [7, 11) is 1.63. The highest BCUT2D eigenvalue weighted by Crippen LogP contribution is 2.25. The largest absolute Gasteiger partial charge is 0.497 e. The molecule has 0 bridgehead atoms. The Labute approximate surface area is 130 Å². The first-order chi connectivity index (χ1) is 10.8. The molecule has 0 atom stereocenters. The normalized spacial score (nSPS) is 10.5. The Kier molecular flexibility index (Phi) is 6.11. The van der Waals surface area contributed by atoms with Crippen LogP contribution in [0.25, 0.3) is 0 Å². The summed E-state index contributed by atoms with van der Waals surface area (Å²) < 4.78 is 16.3. The highest BCUT2D eigenvalue weighted by Gasteiger charge is 1.99. The van der Waals surface area contributed by atoms with Gasteiger partial charge in [0, 0.05) is 0 Å². The van der Waals surface area contributed by atoms with E-state index in [9.17, 15) is 0 Å². The van der Waals surface area contributed by atoms with Gasteiger partial charge in [-0.15, -0.1) is 0 Å². The molecule has 22 heavy (non-hydrogen) atoms. The van der Waals surface area contributed by atoms with E-state index in [4.69, 9.17) is 19.0 Å². The zero-order chi connectivity index (χ0) is 15.6. The fourth-order valence-electron chi connectivity index (χ4n) is 1.67. The molecule has 0 fully saturated rings. The predicted molar refractivity (Wildman–Crippen MR) is 85.1 cm³/mol. The average Bonchev–Trinajstić information content (AvgIpc) is 2.57. The number of methoxy groups -OCH3 is 1. The maximum Gasteiger partial charge on any atom is 0.127 e. The molecule has 116 valence electrons. The number of nitrogens with zero attached hydrogens (tertiary/aromatic N) is 1. The van der Waals surface area contributed by atoms with Crippen molar-refractivity contribution in [1.82, 2.24) is 0 Å². The van der Waals surface area contributed by atoms with Crippen LogP contribution in [0.3, 0.4) is 0 Å². The van der Waals surface area contributed by atoms with E-state index in [2.05, 4.69) is 5.16 Å². The third kappa shape index (κ3) is 5.01. The van der Waals surface area contributed by atoms with Gasteiger partial charge in [0.25, 0.3) is 0 Å².